The van der Waals surface area contributed by atoms with Gasteiger partial charge in [-0.3, -0.25) is 0 Å². The molecule has 0 unspecified atom stereocenters. The Hall–Kier alpha value is -0.900. The molecule has 1 heterocycles. The van der Waals surface area contributed by atoms with E-state index in [-0.39, 0.29) is 5.54 Å². The van der Waals surface area contributed by atoms with Crippen molar-refractivity contribution in [1.82, 2.24) is 20.1 Å². The summed E-state index contributed by atoms with van der Waals surface area (Å²) in [7, 11) is 1.94. The largest absolute Gasteiger partial charge is 0.314 e. The van der Waals surface area contributed by atoms with Crippen LogP contribution in [0.15, 0.2) is 0 Å². The van der Waals surface area contributed by atoms with E-state index >= 15 is 0 Å². The molecule has 4 heteroatoms. The second-order valence-electron chi connectivity index (χ2n) is 4.10. The smallest absolute Gasteiger partial charge is 0.152 e. The van der Waals surface area contributed by atoms with Crippen LogP contribution in [0.25, 0.3) is 0 Å². The van der Waals surface area contributed by atoms with Gasteiger partial charge in [-0.2, -0.15) is 0 Å². The highest BCUT2D eigenvalue weighted by atomic mass is 15.3. The third-order valence-electron chi connectivity index (χ3n) is 2.57. The van der Waals surface area contributed by atoms with Crippen molar-refractivity contribution < 1.29 is 0 Å². The molecular formula is C10H20N4. The molecule has 4 nitrogen and oxygen atoms in total. The lowest BCUT2D eigenvalue weighted by atomic mass is 10.1. The van der Waals surface area contributed by atoms with Crippen LogP contribution in [0.5, 0.6) is 0 Å². The highest BCUT2D eigenvalue weighted by Crippen LogP contribution is 2.18. The summed E-state index contributed by atoms with van der Waals surface area (Å²) in [6.07, 6.45) is 1.10. The molecule has 1 N–H and O–H groups in total. The third kappa shape index (κ3) is 1.95. The van der Waals surface area contributed by atoms with Gasteiger partial charge in [-0.25, -0.2) is 0 Å². The second-order valence-corrected chi connectivity index (χ2v) is 4.10. The number of hydrogen-bond donors (Lipinski definition) is 1. The Labute approximate surface area is 85.7 Å². The highest BCUT2D eigenvalue weighted by Gasteiger charge is 2.25. The molecule has 0 fully saturated rings. The topological polar surface area (TPSA) is 42.7 Å². The van der Waals surface area contributed by atoms with E-state index in [9.17, 15) is 0 Å². The molecule has 0 saturated heterocycles. The Bertz CT molecular complexity index is 301. The fourth-order valence-corrected chi connectivity index (χ4v) is 1.45. The van der Waals surface area contributed by atoms with Crippen molar-refractivity contribution >= 4 is 0 Å². The number of aryl methyl sites for hydroxylation is 1. The van der Waals surface area contributed by atoms with E-state index in [0.717, 1.165) is 24.6 Å². The fourth-order valence-electron chi connectivity index (χ4n) is 1.45. The Morgan fingerprint density at radius 3 is 2.50 bits per heavy atom. The van der Waals surface area contributed by atoms with Gasteiger partial charge < -0.3 is 9.88 Å². The summed E-state index contributed by atoms with van der Waals surface area (Å²) in [4.78, 5) is 0. The summed E-state index contributed by atoms with van der Waals surface area (Å²) in [6, 6.07) is 0. The van der Waals surface area contributed by atoms with Crippen LogP contribution in [-0.2, 0) is 12.1 Å². The number of hydrogen-bond acceptors (Lipinski definition) is 3. The summed E-state index contributed by atoms with van der Waals surface area (Å²) in [5.74, 6) is 2.00. The van der Waals surface area contributed by atoms with E-state index in [0.29, 0.717) is 0 Å². The second kappa shape index (κ2) is 4.09. The van der Waals surface area contributed by atoms with Crippen molar-refractivity contribution in [2.24, 2.45) is 0 Å². The molecule has 0 atom stereocenters. The minimum absolute atomic E-state index is 0.115. The molecule has 0 amide bonds. The molecule has 14 heavy (non-hydrogen) atoms. The normalized spacial score (nSPS) is 12.1. The molecule has 1 aromatic heterocycles. The van der Waals surface area contributed by atoms with Gasteiger partial charge in [0.25, 0.3) is 0 Å². The molecule has 0 saturated carbocycles. The van der Waals surface area contributed by atoms with Gasteiger partial charge in [-0.1, -0.05) is 6.92 Å². The SMILES string of the molecule is CCCn1c(C)nnc1C(C)(C)NC. The molecule has 0 aliphatic heterocycles. The molecule has 0 radical (unpaired) electrons. The van der Waals surface area contributed by atoms with Gasteiger partial charge in [-0.15, -0.1) is 10.2 Å². The van der Waals surface area contributed by atoms with Crippen molar-refractivity contribution in [3.05, 3.63) is 11.6 Å². The van der Waals surface area contributed by atoms with Crippen molar-refractivity contribution in [2.45, 2.75) is 46.2 Å². The first-order chi connectivity index (χ1) is 6.53. The lowest BCUT2D eigenvalue weighted by Gasteiger charge is -2.23. The maximum absolute atomic E-state index is 4.23. The lowest BCUT2D eigenvalue weighted by molar-refractivity contribution is 0.391. The highest BCUT2D eigenvalue weighted by molar-refractivity contribution is 5.05. The maximum atomic E-state index is 4.23. The quantitative estimate of drug-likeness (QED) is 0.792. The molecule has 80 valence electrons. The predicted octanol–water partition coefficient (Wildman–Crippen LogP) is 1.45. The van der Waals surface area contributed by atoms with Crippen LogP contribution in [0.3, 0.4) is 0 Å². The molecule has 0 aromatic carbocycles. The first kappa shape index (κ1) is 11.2. The standard InChI is InChI=1S/C10H20N4/c1-6-7-14-8(2)12-13-9(14)10(3,4)11-5/h11H,6-7H2,1-5H3. The molecular weight excluding hydrogens is 176 g/mol. The summed E-state index contributed by atoms with van der Waals surface area (Å²) in [5, 5.41) is 11.6. The first-order valence-electron chi connectivity index (χ1n) is 5.12. The van der Waals surface area contributed by atoms with E-state index in [1.165, 1.54) is 0 Å². The van der Waals surface area contributed by atoms with Gasteiger partial charge in [-0.05, 0) is 34.2 Å². The Morgan fingerprint density at radius 1 is 1.36 bits per heavy atom. The van der Waals surface area contributed by atoms with Gasteiger partial charge >= 0.3 is 0 Å². The minimum atomic E-state index is -0.115. The predicted molar refractivity (Wildman–Crippen MR) is 57.1 cm³/mol. The summed E-state index contributed by atoms with van der Waals surface area (Å²) < 4.78 is 2.18. The van der Waals surface area contributed by atoms with Gasteiger partial charge in [0, 0.05) is 6.54 Å². The maximum Gasteiger partial charge on any atom is 0.152 e. The molecule has 1 aromatic rings. The fraction of sp³-hybridized carbons (Fsp3) is 0.800. The molecule has 0 aliphatic carbocycles. The zero-order chi connectivity index (χ0) is 10.8. The van der Waals surface area contributed by atoms with E-state index in [4.69, 9.17) is 0 Å². The Morgan fingerprint density at radius 2 is 2.00 bits per heavy atom. The van der Waals surface area contributed by atoms with Gasteiger partial charge in [0.1, 0.15) is 5.82 Å². The summed E-state index contributed by atoms with van der Waals surface area (Å²) in [6.45, 7) is 9.37. The average molecular weight is 196 g/mol. The number of nitrogens with one attached hydrogen (secondary N) is 1. The number of nitrogens with zero attached hydrogens (tertiary/aromatic N) is 3. The van der Waals surface area contributed by atoms with Crippen LogP contribution in [0.4, 0.5) is 0 Å². The van der Waals surface area contributed by atoms with Gasteiger partial charge in [0.05, 0.1) is 5.54 Å². The minimum Gasteiger partial charge on any atom is -0.314 e. The lowest BCUT2D eigenvalue weighted by Crippen LogP contribution is -2.36. The van der Waals surface area contributed by atoms with E-state index in [1.807, 2.05) is 14.0 Å². The van der Waals surface area contributed by atoms with Crippen LogP contribution in [-0.4, -0.2) is 21.8 Å². The van der Waals surface area contributed by atoms with E-state index in [2.05, 4.69) is 40.9 Å². The summed E-state index contributed by atoms with van der Waals surface area (Å²) >= 11 is 0. The monoisotopic (exact) mass is 196 g/mol. The third-order valence-corrected chi connectivity index (χ3v) is 2.57. The van der Waals surface area contributed by atoms with Crippen molar-refractivity contribution in [3.8, 4) is 0 Å². The average Bonchev–Trinajstić information content (AvgIpc) is 2.50. The van der Waals surface area contributed by atoms with E-state index < -0.39 is 0 Å². The van der Waals surface area contributed by atoms with Crippen LogP contribution < -0.4 is 5.32 Å². The van der Waals surface area contributed by atoms with Crippen molar-refractivity contribution in [3.63, 3.8) is 0 Å². The molecule has 0 spiro atoms. The molecule has 0 aliphatic rings. The van der Waals surface area contributed by atoms with Crippen LogP contribution in [0.2, 0.25) is 0 Å². The van der Waals surface area contributed by atoms with E-state index in [1.54, 1.807) is 0 Å². The molecule has 0 bridgehead atoms. The van der Waals surface area contributed by atoms with Crippen LogP contribution in [0, 0.1) is 6.92 Å². The number of rotatable bonds is 4. The van der Waals surface area contributed by atoms with Crippen molar-refractivity contribution in [2.75, 3.05) is 7.05 Å². The zero-order valence-corrected chi connectivity index (χ0v) is 9.76. The Balaban J connectivity index is 3.08. The zero-order valence-electron chi connectivity index (χ0n) is 9.76. The van der Waals surface area contributed by atoms with Crippen LogP contribution in [0.1, 0.15) is 38.8 Å². The van der Waals surface area contributed by atoms with Crippen LogP contribution >= 0.6 is 0 Å². The first-order valence-corrected chi connectivity index (χ1v) is 5.12. The Kier molecular flexibility index (Phi) is 3.26. The molecule has 1 rings (SSSR count). The summed E-state index contributed by atoms with van der Waals surface area (Å²) in [5.41, 5.74) is -0.115. The van der Waals surface area contributed by atoms with Gasteiger partial charge in [0.2, 0.25) is 0 Å². The number of aromatic nitrogens is 3. The van der Waals surface area contributed by atoms with Crippen molar-refractivity contribution in [1.29, 1.82) is 0 Å². The van der Waals surface area contributed by atoms with Gasteiger partial charge in [0.15, 0.2) is 5.82 Å².